The van der Waals surface area contributed by atoms with Gasteiger partial charge >= 0.3 is 19.8 Å². The number of hydrogen-bond donors (Lipinski definition) is 1. The minimum atomic E-state index is -4.39. The van der Waals surface area contributed by atoms with Crippen LogP contribution >= 0.6 is 7.82 Å². The van der Waals surface area contributed by atoms with E-state index in [1.165, 1.54) is 263 Å². The number of rotatable bonds is 67. The van der Waals surface area contributed by atoms with E-state index in [9.17, 15) is 19.0 Å². The summed E-state index contributed by atoms with van der Waals surface area (Å²) in [5, 5.41) is 0. The zero-order valence-electron chi connectivity index (χ0n) is 55.7. The fourth-order valence-corrected chi connectivity index (χ4v) is 11.4. The van der Waals surface area contributed by atoms with Crippen molar-refractivity contribution in [2.75, 3.05) is 47.5 Å². The lowest BCUT2D eigenvalue weighted by Crippen LogP contribution is -2.37. The van der Waals surface area contributed by atoms with Crippen LogP contribution in [-0.2, 0) is 32.7 Å². The maximum atomic E-state index is 12.9. The van der Waals surface area contributed by atoms with Gasteiger partial charge in [-0.15, -0.1) is 0 Å². The minimum Gasteiger partial charge on any atom is -0.462 e. The molecule has 83 heavy (non-hydrogen) atoms. The SMILES string of the molecule is CC/C=C\C/C=C\C/C=C\C/C=C\CCCCCCCCCCCCCCCCCCCCCCCCCCCCCCC(=O)OC(COC(=O)CCCCCCCCCCCCCCCCCCCC)COP(=O)(O)OCC[N+](C)(C)C. The van der Waals surface area contributed by atoms with E-state index in [2.05, 4.69) is 62.5 Å². The molecule has 0 bridgehead atoms. The first-order valence-corrected chi connectivity index (χ1v) is 37.4. The molecule has 2 atom stereocenters. The van der Waals surface area contributed by atoms with E-state index in [1.54, 1.807) is 0 Å². The number of ether oxygens (including phenoxy) is 2. The fourth-order valence-electron chi connectivity index (χ4n) is 10.7. The molecule has 0 heterocycles. The third kappa shape index (κ3) is 68.9. The van der Waals surface area contributed by atoms with Gasteiger partial charge in [-0.3, -0.25) is 18.6 Å². The van der Waals surface area contributed by atoms with Gasteiger partial charge in [-0.25, -0.2) is 4.57 Å². The van der Waals surface area contributed by atoms with Crippen LogP contribution in [0.4, 0.5) is 0 Å². The topological polar surface area (TPSA) is 108 Å². The minimum absolute atomic E-state index is 0.0355. The number of carbonyl (C=O) groups excluding carboxylic acids is 2. The van der Waals surface area contributed by atoms with Gasteiger partial charge in [-0.2, -0.15) is 0 Å². The first kappa shape index (κ1) is 81.0. The number of esters is 2. The Morgan fingerprint density at radius 1 is 0.386 bits per heavy atom. The van der Waals surface area contributed by atoms with Gasteiger partial charge < -0.3 is 18.9 Å². The van der Waals surface area contributed by atoms with Crippen molar-refractivity contribution in [2.24, 2.45) is 0 Å². The molecule has 0 rings (SSSR count). The van der Waals surface area contributed by atoms with Gasteiger partial charge in [0.1, 0.15) is 19.8 Å². The van der Waals surface area contributed by atoms with Gasteiger partial charge in [0.15, 0.2) is 6.10 Å². The maximum Gasteiger partial charge on any atom is 0.472 e. The van der Waals surface area contributed by atoms with E-state index >= 15 is 0 Å². The molecule has 1 N–H and O–H groups in total. The molecule has 10 heteroatoms. The largest absolute Gasteiger partial charge is 0.472 e. The lowest BCUT2D eigenvalue weighted by molar-refractivity contribution is -0.870. The van der Waals surface area contributed by atoms with E-state index < -0.39 is 26.5 Å². The van der Waals surface area contributed by atoms with Crippen molar-refractivity contribution in [3.05, 3.63) is 48.6 Å². The third-order valence-electron chi connectivity index (χ3n) is 16.1. The monoisotopic (exact) mass is 1190 g/mol. The summed E-state index contributed by atoms with van der Waals surface area (Å²) >= 11 is 0. The molecule has 0 aliphatic carbocycles. The van der Waals surface area contributed by atoms with Crippen LogP contribution in [0.25, 0.3) is 0 Å². The van der Waals surface area contributed by atoms with Gasteiger partial charge in [0.2, 0.25) is 0 Å². The van der Waals surface area contributed by atoms with Crippen LogP contribution in [0.1, 0.15) is 354 Å². The number of unbranched alkanes of at least 4 members (excludes halogenated alkanes) is 45. The molecule has 488 valence electrons. The standard InChI is InChI=1S/C73H138NO8P/c1-6-8-10-12-14-16-18-20-22-24-26-27-28-29-30-31-32-33-34-35-36-37-38-39-40-41-42-43-44-45-46-47-48-50-52-54-56-58-60-62-64-66-73(76)82-71(70-81-83(77,78)80-68-67-74(3,4)5)69-79-72(75)65-63-61-59-57-55-53-51-49-25-23-21-19-17-15-13-11-9-7-2/h8,10,14,16,20,22,26-27,71H,6-7,9,11-13,15,17-19,21,23-25,28-70H2,1-5H3/p+1/b10-8-,16-14-,22-20-,27-26-. The van der Waals surface area contributed by atoms with Crippen LogP contribution in [-0.4, -0.2) is 74.9 Å². The third-order valence-corrected chi connectivity index (χ3v) is 17.1. The number of carbonyl (C=O) groups is 2. The second-order valence-corrected chi connectivity index (χ2v) is 27.1. The van der Waals surface area contributed by atoms with Crippen molar-refractivity contribution in [2.45, 2.75) is 360 Å². The average Bonchev–Trinajstić information content (AvgIpc) is 3.48. The molecule has 0 fully saturated rings. The molecule has 0 saturated heterocycles. The average molecular weight is 1190 g/mol. The molecule has 2 unspecified atom stereocenters. The fraction of sp³-hybridized carbons (Fsp3) is 0.863. The van der Waals surface area contributed by atoms with Crippen molar-refractivity contribution in [3.8, 4) is 0 Å². The molecule has 0 spiro atoms. The zero-order chi connectivity index (χ0) is 60.5. The molecule has 0 aromatic carbocycles. The highest BCUT2D eigenvalue weighted by atomic mass is 31.2. The summed E-state index contributed by atoms with van der Waals surface area (Å²) in [4.78, 5) is 35.8. The predicted molar refractivity (Wildman–Crippen MR) is 358 cm³/mol. The van der Waals surface area contributed by atoms with Crippen molar-refractivity contribution in [1.82, 2.24) is 0 Å². The van der Waals surface area contributed by atoms with Crippen LogP contribution in [0.15, 0.2) is 48.6 Å². The van der Waals surface area contributed by atoms with Gasteiger partial charge in [0.05, 0.1) is 27.7 Å². The first-order valence-electron chi connectivity index (χ1n) is 35.9. The van der Waals surface area contributed by atoms with Crippen LogP contribution in [0, 0.1) is 0 Å². The Morgan fingerprint density at radius 2 is 0.687 bits per heavy atom. The quantitative estimate of drug-likeness (QED) is 0.0211. The molecular weight excluding hydrogens is 1050 g/mol. The molecule has 0 saturated carbocycles. The van der Waals surface area contributed by atoms with Crippen molar-refractivity contribution < 1.29 is 42.1 Å². The maximum absolute atomic E-state index is 12.9. The second-order valence-electron chi connectivity index (χ2n) is 25.6. The van der Waals surface area contributed by atoms with Crippen LogP contribution in [0.2, 0.25) is 0 Å². The Balaban J connectivity index is 3.86. The molecular formula is C73H139NO8P+. The molecule has 0 aliphatic heterocycles. The Bertz CT molecular complexity index is 1540. The van der Waals surface area contributed by atoms with Crippen molar-refractivity contribution >= 4 is 19.8 Å². The van der Waals surface area contributed by atoms with Gasteiger partial charge in [-0.05, 0) is 51.4 Å². The summed E-state index contributed by atoms with van der Waals surface area (Å²) in [5.41, 5.74) is 0. The van der Waals surface area contributed by atoms with Gasteiger partial charge in [0.25, 0.3) is 0 Å². The summed E-state index contributed by atoms with van der Waals surface area (Å²) in [5.74, 6) is -0.774. The number of phosphoric ester groups is 1. The van der Waals surface area contributed by atoms with E-state index in [0.717, 1.165) is 57.8 Å². The summed E-state index contributed by atoms with van der Waals surface area (Å²) in [6.45, 7) is 4.39. The van der Waals surface area contributed by atoms with Crippen molar-refractivity contribution in [1.29, 1.82) is 0 Å². The number of hydrogen-bond acceptors (Lipinski definition) is 7. The number of allylic oxidation sites excluding steroid dienone is 8. The predicted octanol–water partition coefficient (Wildman–Crippen LogP) is 23.2. The zero-order valence-corrected chi connectivity index (χ0v) is 56.6. The highest BCUT2D eigenvalue weighted by Crippen LogP contribution is 2.43. The van der Waals surface area contributed by atoms with Gasteiger partial charge in [0, 0.05) is 12.8 Å². The van der Waals surface area contributed by atoms with E-state index in [1.807, 2.05) is 21.1 Å². The van der Waals surface area contributed by atoms with E-state index in [4.69, 9.17) is 18.5 Å². The normalized spacial score (nSPS) is 13.4. The molecule has 0 aliphatic rings. The van der Waals surface area contributed by atoms with E-state index in [-0.39, 0.29) is 25.6 Å². The number of phosphoric acid groups is 1. The van der Waals surface area contributed by atoms with E-state index in [0.29, 0.717) is 23.9 Å². The Kier molecular flexibility index (Phi) is 62.9. The number of nitrogens with zero attached hydrogens (tertiary/aromatic N) is 1. The lowest BCUT2D eigenvalue weighted by atomic mass is 10.0. The van der Waals surface area contributed by atoms with Crippen LogP contribution in [0.5, 0.6) is 0 Å². The Morgan fingerprint density at radius 3 is 1.02 bits per heavy atom. The number of likely N-dealkylation sites (N-methyl/N-ethyl adjacent to an activating group) is 1. The highest BCUT2D eigenvalue weighted by Gasteiger charge is 2.27. The second kappa shape index (κ2) is 64.4. The summed E-state index contributed by atoms with van der Waals surface area (Å²) in [7, 11) is 1.50. The summed E-state index contributed by atoms with van der Waals surface area (Å²) in [6.07, 6.45) is 83.8. The Labute approximate surface area is 515 Å². The lowest BCUT2D eigenvalue weighted by Gasteiger charge is -2.24. The van der Waals surface area contributed by atoms with Crippen LogP contribution in [0.3, 0.4) is 0 Å². The summed E-state index contributed by atoms with van der Waals surface area (Å²) in [6, 6.07) is 0. The number of quaternary nitrogens is 1. The molecule has 0 aromatic heterocycles. The molecule has 0 amide bonds. The van der Waals surface area contributed by atoms with Gasteiger partial charge in [-0.1, -0.05) is 339 Å². The molecule has 0 radical (unpaired) electrons. The Hall–Kier alpha value is -2.03. The summed E-state index contributed by atoms with van der Waals surface area (Å²) < 4.78 is 34.7. The first-order chi connectivity index (χ1) is 40.5. The highest BCUT2D eigenvalue weighted by molar-refractivity contribution is 7.47. The molecule has 9 nitrogen and oxygen atoms in total. The van der Waals surface area contributed by atoms with Crippen LogP contribution < -0.4 is 0 Å². The smallest absolute Gasteiger partial charge is 0.462 e. The van der Waals surface area contributed by atoms with Crippen molar-refractivity contribution in [3.63, 3.8) is 0 Å². The molecule has 0 aromatic rings.